The molecule has 0 aliphatic carbocycles. The summed E-state index contributed by atoms with van der Waals surface area (Å²) in [7, 11) is 0. The van der Waals surface area contributed by atoms with E-state index in [1.807, 2.05) is 6.20 Å². The van der Waals surface area contributed by atoms with E-state index >= 15 is 0 Å². The summed E-state index contributed by atoms with van der Waals surface area (Å²) in [6.07, 6.45) is 7.11. The van der Waals surface area contributed by atoms with Gasteiger partial charge in [0.25, 0.3) is 0 Å². The molecule has 4 rings (SSSR count). The summed E-state index contributed by atoms with van der Waals surface area (Å²) in [5, 5.41) is 2.10. The Morgan fingerprint density at radius 1 is 1.40 bits per heavy atom. The van der Waals surface area contributed by atoms with E-state index in [0.29, 0.717) is 6.04 Å². The molecule has 4 heterocycles. The van der Waals surface area contributed by atoms with E-state index in [1.54, 1.807) is 11.3 Å². The number of hydrogen-bond donors (Lipinski definition) is 0. The minimum absolute atomic E-state index is 0.0556. The maximum Gasteiger partial charge on any atom is 0.150 e. The predicted molar refractivity (Wildman–Crippen MR) is 77.9 cm³/mol. The first-order chi connectivity index (χ1) is 9.86. The highest BCUT2D eigenvalue weighted by Crippen LogP contribution is 2.39. The monoisotopic (exact) mass is 290 g/mol. The van der Waals surface area contributed by atoms with Crippen molar-refractivity contribution in [3.63, 3.8) is 0 Å². The molecule has 2 saturated heterocycles. The Bertz CT molecular complexity index is 572. The molecule has 106 valence electrons. The molecule has 0 bridgehead atoms. The first-order valence-corrected chi connectivity index (χ1v) is 8.03. The number of thiophene rings is 1. The molecule has 0 saturated carbocycles. The number of nitrogens with zero attached hydrogens (tertiary/aromatic N) is 2. The number of imidazole rings is 1. The first-order valence-electron chi connectivity index (χ1n) is 7.15. The average Bonchev–Trinajstić information content (AvgIpc) is 3.20. The van der Waals surface area contributed by atoms with Gasteiger partial charge in [-0.1, -0.05) is 6.07 Å². The summed E-state index contributed by atoms with van der Waals surface area (Å²) >= 11 is 1.74. The van der Waals surface area contributed by atoms with Crippen LogP contribution in [0.3, 0.4) is 0 Å². The molecule has 1 spiro atoms. The summed E-state index contributed by atoms with van der Waals surface area (Å²) < 4.78 is 13.9. The predicted octanol–water partition coefficient (Wildman–Crippen LogP) is 3.12. The topological polar surface area (TPSA) is 36.3 Å². The van der Waals surface area contributed by atoms with Gasteiger partial charge in [0.05, 0.1) is 17.1 Å². The van der Waals surface area contributed by atoms with Crippen molar-refractivity contribution in [2.45, 2.75) is 30.9 Å². The van der Waals surface area contributed by atoms with Crippen LogP contribution in [0.25, 0.3) is 10.7 Å². The van der Waals surface area contributed by atoms with Crippen LogP contribution in [0.5, 0.6) is 0 Å². The zero-order valence-corrected chi connectivity index (χ0v) is 12.1. The maximum absolute atomic E-state index is 6.03. The third-order valence-electron chi connectivity index (χ3n) is 4.34. The lowest BCUT2D eigenvalue weighted by atomic mass is 9.89. The highest BCUT2D eigenvalue weighted by Gasteiger charge is 2.41. The van der Waals surface area contributed by atoms with Crippen molar-refractivity contribution in [2.24, 2.45) is 0 Å². The molecule has 0 radical (unpaired) electrons. The van der Waals surface area contributed by atoms with Crippen LogP contribution in [0.1, 0.15) is 25.3 Å². The standard InChI is InChI=1S/C15H18N2O2S/c1-2-13(20-9-1)14-16-5-6-17(14)12-3-7-19-15(10-12)4-8-18-11-15/h1-2,5-6,9,12H,3-4,7-8,10-11H2. The van der Waals surface area contributed by atoms with E-state index < -0.39 is 0 Å². The van der Waals surface area contributed by atoms with Crippen molar-refractivity contribution in [1.82, 2.24) is 9.55 Å². The van der Waals surface area contributed by atoms with Crippen LogP contribution < -0.4 is 0 Å². The van der Waals surface area contributed by atoms with Gasteiger partial charge in [-0.05, 0) is 24.3 Å². The van der Waals surface area contributed by atoms with Crippen LogP contribution in [0.15, 0.2) is 29.9 Å². The molecule has 5 heteroatoms. The number of aromatic nitrogens is 2. The van der Waals surface area contributed by atoms with Crippen molar-refractivity contribution in [1.29, 1.82) is 0 Å². The fraction of sp³-hybridized carbons (Fsp3) is 0.533. The zero-order valence-electron chi connectivity index (χ0n) is 11.3. The van der Waals surface area contributed by atoms with Gasteiger partial charge in [-0.25, -0.2) is 4.98 Å². The molecule has 2 aliphatic rings. The van der Waals surface area contributed by atoms with Gasteiger partial charge in [0.2, 0.25) is 0 Å². The Balaban J connectivity index is 1.63. The molecule has 2 unspecified atom stereocenters. The summed E-state index contributed by atoms with van der Waals surface area (Å²) in [4.78, 5) is 5.78. The molecular formula is C15H18N2O2S. The van der Waals surface area contributed by atoms with Crippen LogP contribution in [0, 0.1) is 0 Å². The van der Waals surface area contributed by atoms with Gasteiger partial charge < -0.3 is 14.0 Å². The lowest BCUT2D eigenvalue weighted by Gasteiger charge is -2.38. The lowest BCUT2D eigenvalue weighted by molar-refractivity contribution is -0.0946. The minimum atomic E-state index is -0.0556. The number of rotatable bonds is 2. The Morgan fingerprint density at radius 2 is 2.40 bits per heavy atom. The van der Waals surface area contributed by atoms with Crippen molar-refractivity contribution in [3.8, 4) is 10.7 Å². The van der Waals surface area contributed by atoms with E-state index in [-0.39, 0.29) is 5.60 Å². The van der Waals surface area contributed by atoms with Crippen LogP contribution in [0.2, 0.25) is 0 Å². The fourth-order valence-corrected chi connectivity index (χ4v) is 4.03. The third-order valence-corrected chi connectivity index (χ3v) is 5.20. The second kappa shape index (κ2) is 4.98. The van der Waals surface area contributed by atoms with Crippen molar-refractivity contribution >= 4 is 11.3 Å². The van der Waals surface area contributed by atoms with E-state index in [4.69, 9.17) is 9.47 Å². The number of ether oxygens (including phenoxy) is 2. The Hall–Kier alpha value is -1.17. The summed E-state index contributed by atoms with van der Waals surface area (Å²) in [5.41, 5.74) is -0.0556. The highest BCUT2D eigenvalue weighted by atomic mass is 32.1. The average molecular weight is 290 g/mol. The zero-order chi connectivity index (χ0) is 13.4. The minimum Gasteiger partial charge on any atom is -0.378 e. The normalized spacial score (nSPS) is 30.1. The van der Waals surface area contributed by atoms with Gasteiger partial charge >= 0.3 is 0 Å². The van der Waals surface area contributed by atoms with E-state index in [1.165, 1.54) is 4.88 Å². The van der Waals surface area contributed by atoms with Crippen LogP contribution in [-0.4, -0.2) is 35.0 Å². The molecule has 20 heavy (non-hydrogen) atoms. The van der Waals surface area contributed by atoms with Crippen molar-refractivity contribution in [2.75, 3.05) is 19.8 Å². The molecule has 0 N–H and O–H groups in total. The van der Waals surface area contributed by atoms with Crippen LogP contribution in [0.4, 0.5) is 0 Å². The largest absolute Gasteiger partial charge is 0.378 e. The smallest absolute Gasteiger partial charge is 0.150 e. The Morgan fingerprint density at radius 3 is 3.20 bits per heavy atom. The Kier molecular flexibility index (Phi) is 3.13. The summed E-state index contributed by atoms with van der Waals surface area (Å²) in [5.74, 6) is 1.08. The summed E-state index contributed by atoms with van der Waals surface area (Å²) in [6, 6.07) is 4.68. The maximum atomic E-state index is 6.03. The van der Waals surface area contributed by atoms with E-state index in [0.717, 1.165) is 44.9 Å². The van der Waals surface area contributed by atoms with E-state index in [2.05, 4.69) is 33.3 Å². The molecule has 2 atom stereocenters. The van der Waals surface area contributed by atoms with Gasteiger partial charge in [0.1, 0.15) is 5.82 Å². The SMILES string of the molecule is c1csc(-c2nccn2C2CCOC3(CCOC3)C2)c1. The first kappa shape index (κ1) is 12.6. The van der Waals surface area contributed by atoms with Crippen LogP contribution in [-0.2, 0) is 9.47 Å². The molecule has 2 aromatic heterocycles. The van der Waals surface area contributed by atoms with E-state index in [9.17, 15) is 0 Å². The summed E-state index contributed by atoms with van der Waals surface area (Å²) in [6.45, 7) is 2.39. The van der Waals surface area contributed by atoms with Gasteiger partial charge in [0.15, 0.2) is 0 Å². The van der Waals surface area contributed by atoms with Gasteiger partial charge in [-0.15, -0.1) is 11.3 Å². The van der Waals surface area contributed by atoms with Crippen molar-refractivity contribution < 1.29 is 9.47 Å². The van der Waals surface area contributed by atoms with Crippen molar-refractivity contribution in [3.05, 3.63) is 29.9 Å². The molecular weight excluding hydrogens is 272 g/mol. The molecule has 2 aromatic rings. The quantitative estimate of drug-likeness (QED) is 0.852. The van der Waals surface area contributed by atoms with Crippen LogP contribution >= 0.6 is 11.3 Å². The lowest BCUT2D eigenvalue weighted by Crippen LogP contribution is -2.41. The van der Waals surface area contributed by atoms with Gasteiger partial charge in [-0.2, -0.15) is 0 Å². The molecule has 4 nitrogen and oxygen atoms in total. The fourth-order valence-electron chi connectivity index (χ4n) is 3.31. The molecule has 0 aromatic carbocycles. The Labute approximate surface area is 122 Å². The van der Waals surface area contributed by atoms with Gasteiger partial charge in [-0.3, -0.25) is 0 Å². The second-order valence-corrected chi connectivity index (χ2v) is 6.56. The molecule has 2 fully saturated rings. The molecule has 2 aliphatic heterocycles. The second-order valence-electron chi connectivity index (χ2n) is 5.62. The number of hydrogen-bond acceptors (Lipinski definition) is 4. The third kappa shape index (κ3) is 2.10. The van der Waals surface area contributed by atoms with Gasteiger partial charge in [0, 0.05) is 38.1 Å². The molecule has 0 amide bonds. The highest BCUT2D eigenvalue weighted by molar-refractivity contribution is 7.13.